The van der Waals surface area contributed by atoms with Gasteiger partial charge in [-0.2, -0.15) is 0 Å². The van der Waals surface area contributed by atoms with Crippen molar-refractivity contribution in [3.63, 3.8) is 0 Å². The molecule has 2 amide bonds. The lowest BCUT2D eigenvalue weighted by Crippen LogP contribution is -2.37. The van der Waals surface area contributed by atoms with Gasteiger partial charge in [0, 0.05) is 54.2 Å². The van der Waals surface area contributed by atoms with E-state index in [0.29, 0.717) is 31.3 Å². The van der Waals surface area contributed by atoms with E-state index >= 15 is 0 Å². The van der Waals surface area contributed by atoms with Crippen molar-refractivity contribution in [2.45, 2.75) is 39.0 Å². The van der Waals surface area contributed by atoms with Gasteiger partial charge in [-0.15, -0.1) is 11.3 Å². The van der Waals surface area contributed by atoms with Gasteiger partial charge in [-0.1, -0.05) is 6.92 Å². The lowest BCUT2D eigenvalue weighted by Gasteiger charge is -2.22. The first-order chi connectivity index (χ1) is 10.6. The van der Waals surface area contributed by atoms with Crippen LogP contribution in [0.15, 0.2) is 12.1 Å². The van der Waals surface area contributed by atoms with Crippen molar-refractivity contribution in [2.75, 3.05) is 26.2 Å². The fourth-order valence-corrected chi connectivity index (χ4v) is 4.34. The highest BCUT2D eigenvalue weighted by Gasteiger charge is 2.46. The summed E-state index contributed by atoms with van der Waals surface area (Å²) in [6, 6.07) is 4.31. The van der Waals surface area contributed by atoms with E-state index in [9.17, 15) is 9.59 Å². The number of carbonyl (C=O) groups is 2. The minimum atomic E-state index is 0.173. The number of hydrogen-bond acceptors (Lipinski definition) is 3. The van der Waals surface area contributed by atoms with Crippen LogP contribution in [0.5, 0.6) is 0 Å². The van der Waals surface area contributed by atoms with Gasteiger partial charge < -0.3 is 9.80 Å². The van der Waals surface area contributed by atoms with E-state index in [4.69, 9.17) is 0 Å². The van der Waals surface area contributed by atoms with Crippen LogP contribution in [0.4, 0.5) is 0 Å². The Morgan fingerprint density at radius 3 is 2.59 bits per heavy atom. The maximum atomic E-state index is 12.7. The topological polar surface area (TPSA) is 40.6 Å². The summed E-state index contributed by atoms with van der Waals surface area (Å²) < 4.78 is 0. The van der Waals surface area contributed by atoms with Crippen LogP contribution in [0, 0.1) is 12.8 Å². The van der Waals surface area contributed by atoms with Crippen molar-refractivity contribution in [3.05, 3.63) is 21.9 Å². The zero-order valence-corrected chi connectivity index (χ0v) is 14.2. The van der Waals surface area contributed by atoms with Gasteiger partial charge in [0.1, 0.15) is 0 Å². The molecule has 4 nitrogen and oxygen atoms in total. The number of aryl methyl sites for hydroxylation is 1. The molecule has 1 aromatic rings. The first kappa shape index (κ1) is 15.5. The minimum absolute atomic E-state index is 0.173. The molecule has 1 aromatic heterocycles. The molecule has 0 bridgehead atoms. The van der Waals surface area contributed by atoms with Gasteiger partial charge >= 0.3 is 0 Å². The molecule has 1 saturated heterocycles. The predicted molar refractivity (Wildman–Crippen MR) is 88.0 cm³/mol. The van der Waals surface area contributed by atoms with Gasteiger partial charge in [0.05, 0.1) is 0 Å². The van der Waals surface area contributed by atoms with Crippen LogP contribution >= 0.6 is 11.3 Å². The SMILES string of the molecule is CCC(=O)N1CCCN(C(=O)[C@H]2C[C@@H]2c2ccc(C)s2)CC1. The van der Waals surface area contributed by atoms with Gasteiger partial charge in [-0.25, -0.2) is 0 Å². The van der Waals surface area contributed by atoms with Crippen molar-refractivity contribution in [1.82, 2.24) is 9.80 Å². The maximum absolute atomic E-state index is 12.7. The van der Waals surface area contributed by atoms with Crippen molar-refractivity contribution in [1.29, 1.82) is 0 Å². The molecule has 0 unspecified atom stereocenters. The van der Waals surface area contributed by atoms with Crippen LogP contribution in [0.1, 0.15) is 41.9 Å². The lowest BCUT2D eigenvalue weighted by molar-refractivity contribution is -0.134. The summed E-state index contributed by atoms with van der Waals surface area (Å²) >= 11 is 1.81. The highest BCUT2D eigenvalue weighted by atomic mass is 32.1. The fraction of sp³-hybridized carbons (Fsp3) is 0.647. The van der Waals surface area contributed by atoms with Gasteiger partial charge in [-0.3, -0.25) is 9.59 Å². The Balaban J connectivity index is 1.56. The number of carbonyl (C=O) groups excluding carboxylic acids is 2. The molecule has 5 heteroatoms. The Bertz CT molecular complexity index is 569. The zero-order chi connectivity index (χ0) is 15.7. The van der Waals surface area contributed by atoms with E-state index in [0.717, 1.165) is 25.9 Å². The molecule has 120 valence electrons. The van der Waals surface area contributed by atoms with Gasteiger partial charge in [0.15, 0.2) is 0 Å². The minimum Gasteiger partial charge on any atom is -0.341 e. The third-order valence-electron chi connectivity index (χ3n) is 4.70. The Morgan fingerprint density at radius 1 is 1.18 bits per heavy atom. The summed E-state index contributed by atoms with van der Waals surface area (Å²) in [4.78, 5) is 31.0. The highest BCUT2D eigenvalue weighted by molar-refractivity contribution is 7.12. The van der Waals surface area contributed by atoms with Crippen LogP contribution in [0.25, 0.3) is 0 Å². The van der Waals surface area contributed by atoms with Gasteiger partial charge in [0.2, 0.25) is 11.8 Å². The highest BCUT2D eigenvalue weighted by Crippen LogP contribution is 2.50. The Kier molecular flexibility index (Phi) is 4.52. The summed E-state index contributed by atoms with van der Waals surface area (Å²) in [7, 11) is 0. The number of thiophene rings is 1. The molecule has 3 rings (SSSR count). The zero-order valence-electron chi connectivity index (χ0n) is 13.4. The second kappa shape index (κ2) is 6.41. The molecule has 2 aliphatic rings. The van der Waals surface area contributed by atoms with Gasteiger partial charge in [0.25, 0.3) is 0 Å². The summed E-state index contributed by atoms with van der Waals surface area (Å²) in [5.41, 5.74) is 0. The second-order valence-corrected chi connectivity index (χ2v) is 7.63. The smallest absolute Gasteiger partial charge is 0.226 e. The Labute approximate surface area is 136 Å². The Hall–Kier alpha value is -1.36. The summed E-state index contributed by atoms with van der Waals surface area (Å²) in [5.74, 6) is 1.10. The summed E-state index contributed by atoms with van der Waals surface area (Å²) in [6.45, 7) is 6.97. The van der Waals surface area contributed by atoms with Crippen LogP contribution in [-0.2, 0) is 9.59 Å². The molecule has 2 fully saturated rings. The van der Waals surface area contributed by atoms with Crippen molar-refractivity contribution in [3.8, 4) is 0 Å². The average Bonchev–Trinajstić information content (AvgIpc) is 3.26. The van der Waals surface area contributed by atoms with E-state index in [2.05, 4.69) is 19.1 Å². The van der Waals surface area contributed by atoms with Crippen LogP contribution in [0.3, 0.4) is 0 Å². The molecule has 1 saturated carbocycles. The van der Waals surface area contributed by atoms with Crippen molar-refractivity contribution >= 4 is 23.2 Å². The lowest BCUT2D eigenvalue weighted by atomic mass is 10.2. The summed E-state index contributed by atoms with van der Waals surface area (Å²) in [6.07, 6.45) is 2.44. The number of amides is 2. The molecule has 22 heavy (non-hydrogen) atoms. The molecule has 1 aliphatic heterocycles. The monoisotopic (exact) mass is 320 g/mol. The van der Waals surface area contributed by atoms with E-state index in [1.165, 1.54) is 9.75 Å². The molecule has 2 atom stereocenters. The molecular formula is C17H24N2O2S. The Morgan fingerprint density at radius 2 is 1.91 bits per heavy atom. The quantitative estimate of drug-likeness (QED) is 0.859. The van der Waals surface area contributed by atoms with Crippen molar-refractivity contribution < 1.29 is 9.59 Å². The average molecular weight is 320 g/mol. The van der Waals surface area contributed by atoms with E-state index in [1.807, 2.05) is 28.1 Å². The van der Waals surface area contributed by atoms with Crippen LogP contribution in [-0.4, -0.2) is 47.8 Å². The normalized spacial score (nSPS) is 25.0. The molecule has 0 N–H and O–H groups in total. The third kappa shape index (κ3) is 3.19. The molecule has 0 radical (unpaired) electrons. The molecular weight excluding hydrogens is 296 g/mol. The molecule has 1 aliphatic carbocycles. The van der Waals surface area contributed by atoms with Crippen LogP contribution < -0.4 is 0 Å². The molecule has 2 heterocycles. The first-order valence-electron chi connectivity index (χ1n) is 8.23. The first-order valence-corrected chi connectivity index (χ1v) is 9.04. The number of hydrogen-bond donors (Lipinski definition) is 0. The standard InChI is InChI=1S/C17H24N2O2S/c1-3-16(20)18-7-4-8-19(10-9-18)17(21)14-11-13(14)15-6-5-12(2)22-15/h5-6,13-14H,3-4,7-11H2,1-2H3/t13-,14-/m0/s1. The van der Waals surface area contributed by atoms with Crippen molar-refractivity contribution in [2.24, 2.45) is 5.92 Å². The van der Waals surface area contributed by atoms with E-state index in [-0.39, 0.29) is 11.8 Å². The third-order valence-corrected chi connectivity index (χ3v) is 5.83. The molecule has 0 aromatic carbocycles. The van der Waals surface area contributed by atoms with E-state index in [1.54, 1.807) is 0 Å². The number of rotatable bonds is 3. The number of nitrogens with zero attached hydrogens (tertiary/aromatic N) is 2. The second-order valence-electron chi connectivity index (χ2n) is 6.31. The maximum Gasteiger partial charge on any atom is 0.226 e. The van der Waals surface area contributed by atoms with Crippen LogP contribution in [0.2, 0.25) is 0 Å². The summed E-state index contributed by atoms with van der Waals surface area (Å²) in [5, 5.41) is 0. The fourth-order valence-electron chi connectivity index (χ4n) is 3.28. The largest absolute Gasteiger partial charge is 0.341 e. The van der Waals surface area contributed by atoms with E-state index < -0.39 is 0 Å². The molecule has 0 spiro atoms. The predicted octanol–water partition coefficient (Wildman–Crippen LogP) is 2.63. The van der Waals surface area contributed by atoms with Gasteiger partial charge in [-0.05, 0) is 31.9 Å².